The molecule has 0 bridgehead atoms. The molecule has 6 nitrogen and oxygen atoms in total. The van der Waals surface area contributed by atoms with E-state index in [2.05, 4.69) is 10.6 Å². The fourth-order valence-electron chi connectivity index (χ4n) is 2.67. The van der Waals surface area contributed by atoms with E-state index in [1.54, 1.807) is 0 Å². The second-order valence-corrected chi connectivity index (χ2v) is 5.41. The summed E-state index contributed by atoms with van der Waals surface area (Å²) in [5.41, 5.74) is 5.33. The van der Waals surface area contributed by atoms with Crippen molar-refractivity contribution in [1.82, 2.24) is 10.6 Å². The number of hydrogen-bond acceptors (Lipinski definition) is 4. The van der Waals surface area contributed by atoms with E-state index in [0.29, 0.717) is 6.54 Å². The van der Waals surface area contributed by atoms with Crippen molar-refractivity contribution in [3.05, 3.63) is 0 Å². The number of carbonyl (C=O) groups excluding carboxylic acids is 2. The molecule has 2 amide bonds. The SMILES string of the molecule is CCOCCC1(CNC(=O)CNC(=O)CN)CCCC1. The molecule has 0 saturated heterocycles. The summed E-state index contributed by atoms with van der Waals surface area (Å²) in [6, 6.07) is 0. The number of amides is 2. The van der Waals surface area contributed by atoms with Crippen LogP contribution >= 0.6 is 0 Å². The number of nitrogens with one attached hydrogen (secondary N) is 2. The van der Waals surface area contributed by atoms with Crippen molar-refractivity contribution in [3.8, 4) is 0 Å². The summed E-state index contributed by atoms with van der Waals surface area (Å²) >= 11 is 0. The minimum Gasteiger partial charge on any atom is -0.382 e. The van der Waals surface area contributed by atoms with Crippen LogP contribution in [0.3, 0.4) is 0 Å². The van der Waals surface area contributed by atoms with Gasteiger partial charge in [-0.15, -0.1) is 0 Å². The van der Waals surface area contributed by atoms with Gasteiger partial charge < -0.3 is 21.1 Å². The molecule has 0 heterocycles. The first kappa shape index (κ1) is 16.9. The van der Waals surface area contributed by atoms with Gasteiger partial charge in [-0.2, -0.15) is 0 Å². The summed E-state index contributed by atoms with van der Waals surface area (Å²) in [5.74, 6) is -0.471. The maximum absolute atomic E-state index is 11.7. The molecular formula is C14H27N3O3. The summed E-state index contributed by atoms with van der Waals surface area (Å²) < 4.78 is 5.44. The summed E-state index contributed by atoms with van der Waals surface area (Å²) in [7, 11) is 0. The molecule has 0 unspecified atom stereocenters. The Morgan fingerprint density at radius 3 is 2.50 bits per heavy atom. The van der Waals surface area contributed by atoms with Gasteiger partial charge in [0, 0.05) is 19.8 Å². The van der Waals surface area contributed by atoms with Crippen LogP contribution < -0.4 is 16.4 Å². The van der Waals surface area contributed by atoms with E-state index in [-0.39, 0.29) is 30.3 Å². The number of ether oxygens (including phenoxy) is 1. The lowest BCUT2D eigenvalue weighted by Crippen LogP contribution is -2.43. The predicted molar refractivity (Wildman–Crippen MR) is 77.1 cm³/mol. The Balaban J connectivity index is 2.31. The third kappa shape index (κ3) is 5.88. The Bertz CT molecular complexity index is 315. The summed E-state index contributed by atoms with van der Waals surface area (Å²) in [4.78, 5) is 22.7. The first-order chi connectivity index (χ1) is 9.62. The van der Waals surface area contributed by atoms with Crippen LogP contribution in [0, 0.1) is 5.41 Å². The average Bonchev–Trinajstić information content (AvgIpc) is 2.92. The molecule has 0 aromatic carbocycles. The van der Waals surface area contributed by atoms with Gasteiger partial charge in [0.1, 0.15) is 0 Å². The summed E-state index contributed by atoms with van der Waals surface area (Å²) in [5, 5.41) is 5.39. The average molecular weight is 285 g/mol. The standard InChI is InChI=1S/C14H27N3O3/c1-2-20-8-7-14(5-3-4-6-14)11-17-13(19)10-16-12(18)9-15/h2-11,15H2,1H3,(H,16,18)(H,17,19). The fourth-order valence-corrected chi connectivity index (χ4v) is 2.67. The van der Waals surface area contributed by atoms with E-state index < -0.39 is 0 Å². The van der Waals surface area contributed by atoms with Crippen molar-refractivity contribution in [1.29, 1.82) is 0 Å². The highest BCUT2D eigenvalue weighted by molar-refractivity contribution is 5.85. The van der Waals surface area contributed by atoms with Gasteiger partial charge in [-0.1, -0.05) is 12.8 Å². The van der Waals surface area contributed by atoms with Crippen molar-refractivity contribution in [2.75, 3.05) is 32.8 Å². The molecule has 0 spiro atoms. The van der Waals surface area contributed by atoms with Gasteiger partial charge in [0.25, 0.3) is 0 Å². The van der Waals surface area contributed by atoms with Crippen LogP contribution in [0.25, 0.3) is 0 Å². The van der Waals surface area contributed by atoms with E-state index >= 15 is 0 Å². The lowest BCUT2D eigenvalue weighted by Gasteiger charge is -2.29. The number of carbonyl (C=O) groups is 2. The van der Waals surface area contributed by atoms with E-state index in [0.717, 1.165) is 32.5 Å². The lowest BCUT2D eigenvalue weighted by molar-refractivity contribution is -0.125. The first-order valence-corrected chi connectivity index (χ1v) is 7.43. The van der Waals surface area contributed by atoms with Gasteiger partial charge in [-0.25, -0.2) is 0 Å². The summed E-state index contributed by atoms with van der Waals surface area (Å²) in [6.45, 7) is 4.04. The first-order valence-electron chi connectivity index (χ1n) is 7.43. The van der Waals surface area contributed by atoms with E-state index in [1.807, 2.05) is 6.92 Å². The van der Waals surface area contributed by atoms with Crippen molar-refractivity contribution in [2.45, 2.75) is 39.0 Å². The van der Waals surface area contributed by atoms with Gasteiger partial charge in [-0.3, -0.25) is 9.59 Å². The largest absolute Gasteiger partial charge is 0.382 e. The third-order valence-electron chi connectivity index (χ3n) is 3.94. The monoisotopic (exact) mass is 285 g/mol. The minimum absolute atomic E-state index is 0.00241. The zero-order valence-electron chi connectivity index (χ0n) is 12.4. The van der Waals surface area contributed by atoms with Crippen LogP contribution in [0.4, 0.5) is 0 Å². The van der Waals surface area contributed by atoms with Crippen molar-refractivity contribution in [2.24, 2.45) is 11.1 Å². The Morgan fingerprint density at radius 1 is 1.20 bits per heavy atom. The molecule has 1 rings (SSSR count). The van der Waals surface area contributed by atoms with Crippen molar-refractivity contribution < 1.29 is 14.3 Å². The molecule has 0 atom stereocenters. The molecule has 1 fully saturated rings. The molecule has 1 saturated carbocycles. The zero-order chi connectivity index (χ0) is 14.8. The quantitative estimate of drug-likeness (QED) is 0.526. The Labute approximate surface area is 120 Å². The summed E-state index contributed by atoms with van der Waals surface area (Å²) in [6.07, 6.45) is 5.68. The van der Waals surface area contributed by atoms with Crippen LogP contribution in [0.1, 0.15) is 39.0 Å². The van der Waals surface area contributed by atoms with Crippen LogP contribution in [-0.4, -0.2) is 44.7 Å². The molecule has 20 heavy (non-hydrogen) atoms. The fraction of sp³-hybridized carbons (Fsp3) is 0.857. The Morgan fingerprint density at radius 2 is 1.90 bits per heavy atom. The van der Waals surface area contributed by atoms with Crippen LogP contribution in [0.15, 0.2) is 0 Å². The number of hydrogen-bond donors (Lipinski definition) is 3. The molecule has 4 N–H and O–H groups in total. The minimum atomic E-state index is -0.313. The highest BCUT2D eigenvalue weighted by atomic mass is 16.5. The maximum Gasteiger partial charge on any atom is 0.239 e. The third-order valence-corrected chi connectivity index (χ3v) is 3.94. The Kier molecular flexibility index (Phi) is 7.54. The lowest BCUT2D eigenvalue weighted by atomic mass is 9.83. The van der Waals surface area contributed by atoms with Crippen molar-refractivity contribution >= 4 is 11.8 Å². The van der Waals surface area contributed by atoms with Crippen LogP contribution in [0.2, 0.25) is 0 Å². The molecule has 116 valence electrons. The molecule has 6 heteroatoms. The number of rotatable bonds is 9. The van der Waals surface area contributed by atoms with E-state index in [4.69, 9.17) is 10.5 Å². The van der Waals surface area contributed by atoms with E-state index in [9.17, 15) is 9.59 Å². The van der Waals surface area contributed by atoms with Crippen LogP contribution in [-0.2, 0) is 14.3 Å². The molecular weight excluding hydrogens is 258 g/mol. The highest BCUT2D eigenvalue weighted by Crippen LogP contribution is 2.40. The zero-order valence-corrected chi connectivity index (χ0v) is 12.4. The highest BCUT2D eigenvalue weighted by Gasteiger charge is 2.33. The van der Waals surface area contributed by atoms with Crippen molar-refractivity contribution in [3.63, 3.8) is 0 Å². The topological polar surface area (TPSA) is 93.5 Å². The number of nitrogens with two attached hydrogens (primary N) is 1. The second kappa shape index (κ2) is 8.92. The van der Waals surface area contributed by atoms with Crippen LogP contribution in [0.5, 0.6) is 0 Å². The molecule has 0 aromatic heterocycles. The second-order valence-electron chi connectivity index (χ2n) is 5.41. The van der Waals surface area contributed by atoms with Gasteiger partial charge in [0.15, 0.2) is 0 Å². The van der Waals surface area contributed by atoms with E-state index in [1.165, 1.54) is 12.8 Å². The van der Waals surface area contributed by atoms with Gasteiger partial charge in [-0.05, 0) is 31.6 Å². The van der Waals surface area contributed by atoms with Gasteiger partial charge in [0.05, 0.1) is 13.1 Å². The van der Waals surface area contributed by atoms with Gasteiger partial charge in [0.2, 0.25) is 11.8 Å². The normalized spacial score (nSPS) is 16.9. The smallest absolute Gasteiger partial charge is 0.239 e. The maximum atomic E-state index is 11.7. The molecule has 0 aliphatic heterocycles. The molecule has 1 aliphatic rings. The molecule has 0 aromatic rings. The van der Waals surface area contributed by atoms with Gasteiger partial charge >= 0.3 is 0 Å². The molecule has 1 aliphatic carbocycles. The molecule has 0 radical (unpaired) electrons. The predicted octanol–water partition coefficient (Wildman–Crippen LogP) is 0.165. The Hall–Kier alpha value is -1.14.